The maximum atomic E-state index is 12.3. The molecule has 0 aromatic carbocycles. The van der Waals surface area contributed by atoms with Crippen molar-refractivity contribution in [2.45, 2.75) is 43.7 Å². The second-order valence-corrected chi connectivity index (χ2v) is 7.09. The molecule has 1 aromatic heterocycles. The molecule has 4 rings (SSSR count). The molecule has 2 aliphatic heterocycles. The molecule has 1 N–H and O–H groups in total. The summed E-state index contributed by atoms with van der Waals surface area (Å²) in [6.07, 6.45) is 3.96. The Morgan fingerprint density at radius 1 is 1.39 bits per heavy atom. The second-order valence-electron chi connectivity index (χ2n) is 7.09. The van der Waals surface area contributed by atoms with Gasteiger partial charge in [-0.3, -0.25) is 15.0 Å². The zero-order valence-electron chi connectivity index (χ0n) is 13.7. The Balaban J connectivity index is 1.37. The van der Waals surface area contributed by atoms with Gasteiger partial charge in [0, 0.05) is 45.7 Å². The monoisotopic (exact) mass is 317 g/mol. The summed E-state index contributed by atoms with van der Waals surface area (Å²) in [4.78, 5) is 21.2. The van der Waals surface area contributed by atoms with E-state index in [4.69, 9.17) is 4.52 Å². The summed E-state index contributed by atoms with van der Waals surface area (Å²) in [7, 11) is 3.80. The van der Waals surface area contributed by atoms with Crippen molar-refractivity contribution in [3.8, 4) is 0 Å². The molecule has 3 aliphatic rings. The predicted octanol–water partition coefficient (Wildman–Crippen LogP) is 0.934. The minimum absolute atomic E-state index is 0.0401. The third-order valence-electron chi connectivity index (χ3n) is 5.02. The Morgan fingerprint density at radius 2 is 2.13 bits per heavy atom. The lowest BCUT2D eigenvalue weighted by Crippen LogP contribution is -2.49. The SMILES string of the molecule is CN(C)C1=NC2(CCN(Cc3cc(C4CC4)on3)CC2)C(=O)N1. The van der Waals surface area contributed by atoms with Gasteiger partial charge >= 0.3 is 0 Å². The maximum absolute atomic E-state index is 12.3. The normalized spacial score (nSPS) is 23.9. The first-order valence-electron chi connectivity index (χ1n) is 8.32. The number of piperidine rings is 1. The molecular formula is C16H23N5O2. The second kappa shape index (κ2) is 5.33. The van der Waals surface area contributed by atoms with Gasteiger partial charge in [0.25, 0.3) is 5.91 Å². The smallest absolute Gasteiger partial charge is 0.254 e. The number of carbonyl (C=O) groups is 1. The quantitative estimate of drug-likeness (QED) is 0.898. The van der Waals surface area contributed by atoms with Crippen LogP contribution < -0.4 is 5.32 Å². The first-order chi connectivity index (χ1) is 11.1. The van der Waals surface area contributed by atoms with Gasteiger partial charge in [-0.25, -0.2) is 4.99 Å². The van der Waals surface area contributed by atoms with Crippen molar-refractivity contribution in [2.24, 2.45) is 4.99 Å². The number of hydrogen-bond donors (Lipinski definition) is 1. The van der Waals surface area contributed by atoms with Crippen molar-refractivity contribution in [3.05, 3.63) is 17.5 Å². The van der Waals surface area contributed by atoms with Gasteiger partial charge in [-0.2, -0.15) is 0 Å². The summed E-state index contributed by atoms with van der Waals surface area (Å²) in [5.41, 5.74) is 0.426. The third kappa shape index (κ3) is 2.73. The van der Waals surface area contributed by atoms with E-state index in [0.29, 0.717) is 11.9 Å². The number of hydrogen-bond acceptors (Lipinski definition) is 6. The molecule has 1 aromatic rings. The van der Waals surface area contributed by atoms with Crippen LogP contribution in [-0.2, 0) is 11.3 Å². The van der Waals surface area contributed by atoms with Gasteiger partial charge in [-0.15, -0.1) is 0 Å². The number of carbonyl (C=O) groups excluding carboxylic acids is 1. The lowest BCUT2D eigenvalue weighted by Gasteiger charge is -2.34. The molecular weight excluding hydrogens is 294 g/mol. The highest BCUT2D eigenvalue weighted by Gasteiger charge is 2.46. The van der Waals surface area contributed by atoms with Gasteiger partial charge in [0.05, 0.1) is 5.69 Å². The lowest BCUT2D eigenvalue weighted by atomic mass is 9.88. The van der Waals surface area contributed by atoms with E-state index in [1.807, 2.05) is 19.0 Å². The molecule has 23 heavy (non-hydrogen) atoms. The predicted molar refractivity (Wildman–Crippen MR) is 85.0 cm³/mol. The zero-order chi connectivity index (χ0) is 16.0. The largest absolute Gasteiger partial charge is 0.361 e. The van der Waals surface area contributed by atoms with E-state index in [1.165, 1.54) is 12.8 Å². The molecule has 1 aliphatic carbocycles. The Hall–Kier alpha value is -1.89. The highest BCUT2D eigenvalue weighted by Crippen LogP contribution is 2.40. The van der Waals surface area contributed by atoms with E-state index < -0.39 is 5.54 Å². The van der Waals surface area contributed by atoms with Gasteiger partial charge in [0.15, 0.2) is 0 Å². The number of nitrogens with one attached hydrogen (secondary N) is 1. The van der Waals surface area contributed by atoms with Crippen LogP contribution in [0.25, 0.3) is 0 Å². The van der Waals surface area contributed by atoms with Crippen LogP contribution in [0.2, 0.25) is 0 Å². The maximum Gasteiger partial charge on any atom is 0.254 e. The molecule has 7 heteroatoms. The Kier molecular flexibility index (Phi) is 3.41. The van der Waals surface area contributed by atoms with Crippen LogP contribution >= 0.6 is 0 Å². The van der Waals surface area contributed by atoms with E-state index in [2.05, 4.69) is 26.4 Å². The zero-order valence-corrected chi connectivity index (χ0v) is 13.7. The number of likely N-dealkylation sites (tertiary alicyclic amines) is 1. The van der Waals surface area contributed by atoms with Crippen LogP contribution in [0.1, 0.15) is 43.1 Å². The molecule has 0 atom stereocenters. The van der Waals surface area contributed by atoms with Crippen LogP contribution in [0.3, 0.4) is 0 Å². The molecule has 3 heterocycles. The molecule has 1 saturated carbocycles. The number of rotatable bonds is 3. The summed E-state index contributed by atoms with van der Waals surface area (Å²) in [5.74, 6) is 2.35. The summed E-state index contributed by atoms with van der Waals surface area (Å²) in [6.45, 7) is 2.49. The first-order valence-corrected chi connectivity index (χ1v) is 8.32. The van der Waals surface area contributed by atoms with Crippen molar-refractivity contribution in [1.82, 2.24) is 20.3 Å². The molecule has 2 fully saturated rings. The molecule has 7 nitrogen and oxygen atoms in total. The van der Waals surface area contributed by atoms with Gasteiger partial charge in [0.1, 0.15) is 11.3 Å². The number of aliphatic imine (C=N–C) groups is 1. The number of aromatic nitrogens is 1. The number of nitrogens with zero attached hydrogens (tertiary/aromatic N) is 4. The highest BCUT2D eigenvalue weighted by molar-refractivity contribution is 6.07. The lowest BCUT2D eigenvalue weighted by molar-refractivity contribution is -0.125. The van der Waals surface area contributed by atoms with Crippen LogP contribution in [0.15, 0.2) is 15.6 Å². The van der Waals surface area contributed by atoms with Crippen LogP contribution in [-0.4, -0.2) is 59.5 Å². The fourth-order valence-electron chi connectivity index (χ4n) is 3.32. The fourth-order valence-corrected chi connectivity index (χ4v) is 3.32. The summed E-state index contributed by atoms with van der Waals surface area (Å²) in [6, 6.07) is 2.09. The van der Waals surface area contributed by atoms with Crippen molar-refractivity contribution >= 4 is 11.9 Å². The van der Waals surface area contributed by atoms with E-state index in [0.717, 1.165) is 43.9 Å². The average molecular weight is 317 g/mol. The van der Waals surface area contributed by atoms with Crippen LogP contribution in [0, 0.1) is 0 Å². The van der Waals surface area contributed by atoms with Gasteiger partial charge in [-0.05, 0) is 25.7 Å². The van der Waals surface area contributed by atoms with E-state index in [9.17, 15) is 4.79 Å². The first kappa shape index (κ1) is 14.7. The topological polar surface area (TPSA) is 74.0 Å². The van der Waals surface area contributed by atoms with Crippen molar-refractivity contribution in [2.75, 3.05) is 27.2 Å². The van der Waals surface area contributed by atoms with Crippen molar-refractivity contribution in [1.29, 1.82) is 0 Å². The molecule has 1 spiro atoms. The van der Waals surface area contributed by atoms with E-state index in [1.54, 1.807) is 0 Å². The number of amides is 1. The van der Waals surface area contributed by atoms with Gasteiger partial charge in [0.2, 0.25) is 5.96 Å². The summed E-state index contributed by atoms with van der Waals surface area (Å²) < 4.78 is 5.41. The molecule has 0 radical (unpaired) electrons. The Labute approximate surface area is 135 Å². The van der Waals surface area contributed by atoms with Crippen LogP contribution in [0.4, 0.5) is 0 Å². The molecule has 1 saturated heterocycles. The standard InChI is InChI=1S/C16H23N5O2/c1-20(2)15-17-14(22)16(18-15)5-7-21(8-6-16)10-12-9-13(23-19-12)11-3-4-11/h9,11H,3-8,10H2,1-2H3,(H,17,18,22). The molecule has 124 valence electrons. The van der Waals surface area contributed by atoms with E-state index >= 15 is 0 Å². The molecule has 0 unspecified atom stereocenters. The van der Waals surface area contributed by atoms with Crippen molar-refractivity contribution in [3.63, 3.8) is 0 Å². The summed E-state index contributed by atoms with van der Waals surface area (Å²) in [5, 5.41) is 7.07. The fraction of sp³-hybridized carbons (Fsp3) is 0.688. The Bertz CT molecular complexity index is 639. The highest BCUT2D eigenvalue weighted by atomic mass is 16.5. The van der Waals surface area contributed by atoms with Crippen molar-refractivity contribution < 1.29 is 9.32 Å². The third-order valence-corrected chi connectivity index (χ3v) is 5.02. The molecule has 1 amide bonds. The number of guanidine groups is 1. The van der Waals surface area contributed by atoms with E-state index in [-0.39, 0.29) is 5.91 Å². The van der Waals surface area contributed by atoms with Gasteiger partial charge < -0.3 is 9.42 Å². The summed E-state index contributed by atoms with van der Waals surface area (Å²) >= 11 is 0. The minimum Gasteiger partial charge on any atom is -0.361 e. The Morgan fingerprint density at radius 3 is 2.74 bits per heavy atom. The van der Waals surface area contributed by atoms with Crippen LogP contribution in [0.5, 0.6) is 0 Å². The minimum atomic E-state index is -0.570. The molecule has 0 bridgehead atoms. The van der Waals surface area contributed by atoms with Gasteiger partial charge in [-0.1, -0.05) is 5.16 Å². The average Bonchev–Trinajstić information content (AvgIpc) is 3.20.